The number of ether oxygens (including phenoxy) is 1. The van der Waals surface area contributed by atoms with Crippen LogP contribution >= 0.6 is 0 Å². The second-order valence-electron chi connectivity index (χ2n) is 6.83. The highest BCUT2D eigenvalue weighted by molar-refractivity contribution is 5.89. The van der Waals surface area contributed by atoms with Crippen LogP contribution in [0.4, 0.5) is 10.5 Å². The molecule has 1 saturated heterocycles. The van der Waals surface area contributed by atoms with Gasteiger partial charge in [-0.15, -0.1) is 0 Å². The molecular formula is C22H28N3O2. The van der Waals surface area contributed by atoms with E-state index in [4.69, 9.17) is 4.74 Å². The van der Waals surface area contributed by atoms with Crippen LogP contribution in [0.15, 0.2) is 60.7 Å². The summed E-state index contributed by atoms with van der Waals surface area (Å²) in [6, 6.07) is 19.3. The number of piperidine rings is 1. The number of para-hydroxylation sites is 1. The highest BCUT2D eigenvalue weighted by Crippen LogP contribution is 2.10. The molecule has 0 aliphatic carbocycles. The molecule has 1 aliphatic rings. The highest BCUT2D eigenvalue weighted by atomic mass is 16.5. The van der Waals surface area contributed by atoms with Gasteiger partial charge >= 0.3 is 6.03 Å². The van der Waals surface area contributed by atoms with Crippen LogP contribution in [0.25, 0.3) is 0 Å². The molecule has 2 aromatic rings. The number of benzene rings is 2. The van der Waals surface area contributed by atoms with Crippen LogP contribution in [0.5, 0.6) is 0 Å². The number of amides is 2. The van der Waals surface area contributed by atoms with Gasteiger partial charge in [0.05, 0.1) is 19.3 Å². The molecule has 1 fully saturated rings. The van der Waals surface area contributed by atoms with Gasteiger partial charge < -0.3 is 20.3 Å². The molecule has 2 N–H and O–H groups in total. The molecule has 5 heteroatoms. The fraction of sp³-hybridized carbons (Fsp3) is 0.364. The third kappa shape index (κ3) is 7.04. The monoisotopic (exact) mass is 366 g/mol. The van der Waals surface area contributed by atoms with Crippen molar-refractivity contribution in [2.24, 2.45) is 0 Å². The Balaban J connectivity index is 1.52. The summed E-state index contributed by atoms with van der Waals surface area (Å²) in [5.74, 6) is 0. The Bertz CT molecular complexity index is 672. The van der Waals surface area contributed by atoms with Crippen LogP contribution in [0, 0.1) is 6.42 Å². The van der Waals surface area contributed by atoms with Crippen molar-refractivity contribution in [2.75, 3.05) is 31.6 Å². The molecular weight excluding hydrogens is 338 g/mol. The zero-order valence-electron chi connectivity index (χ0n) is 15.6. The van der Waals surface area contributed by atoms with Crippen LogP contribution in [0.2, 0.25) is 0 Å². The van der Waals surface area contributed by atoms with Crippen LogP contribution in [-0.2, 0) is 11.3 Å². The van der Waals surface area contributed by atoms with Gasteiger partial charge in [-0.2, -0.15) is 0 Å². The summed E-state index contributed by atoms with van der Waals surface area (Å²) < 4.78 is 5.90. The van der Waals surface area contributed by atoms with Crippen molar-refractivity contribution in [1.29, 1.82) is 0 Å². The quantitative estimate of drug-likeness (QED) is 0.749. The Morgan fingerprint density at radius 1 is 1.00 bits per heavy atom. The first-order valence-corrected chi connectivity index (χ1v) is 9.58. The lowest BCUT2D eigenvalue weighted by Gasteiger charge is -2.30. The van der Waals surface area contributed by atoms with Crippen molar-refractivity contribution in [2.45, 2.75) is 25.5 Å². The SMILES string of the molecule is O=C(Nc1ccccc1)NC(COCc1ccccc1)CN1CC[CH]CC1. The van der Waals surface area contributed by atoms with Gasteiger partial charge in [0.2, 0.25) is 0 Å². The normalized spacial score (nSPS) is 15.9. The summed E-state index contributed by atoms with van der Waals surface area (Å²) in [6.07, 6.45) is 4.54. The summed E-state index contributed by atoms with van der Waals surface area (Å²) in [4.78, 5) is 14.8. The molecule has 2 amide bonds. The molecule has 1 radical (unpaired) electrons. The molecule has 1 atom stereocenters. The minimum absolute atomic E-state index is 0.0597. The average Bonchev–Trinajstić information content (AvgIpc) is 2.70. The van der Waals surface area contributed by atoms with E-state index < -0.39 is 0 Å². The molecule has 0 saturated carbocycles. The molecule has 0 spiro atoms. The number of urea groups is 1. The molecule has 0 aromatic heterocycles. The Morgan fingerprint density at radius 2 is 1.67 bits per heavy atom. The predicted octanol–water partition coefficient (Wildman–Crippen LogP) is 3.69. The van der Waals surface area contributed by atoms with E-state index in [-0.39, 0.29) is 12.1 Å². The van der Waals surface area contributed by atoms with Crippen molar-refractivity contribution >= 4 is 11.7 Å². The predicted molar refractivity (Wildman–Crippen MR) is 108 cm³/mol. The van der Waals surface area contributed by atoms with E-state index in [9.17, 15) is 4.79 Å². The molecule has 1 aliphatic heterocycles. The zero-order valence-corrected chi connectivity index (χ0v) is 15.6. The largest absolute Gasteiger partial charge is 0.375 e. The number of rotatable bonds is 8. The zero-order chi connectivity index (χ0) is 18.7. The van der Waals surface area contributed by atoms with E-state index in [1.165, 1.54) is 0 Å². The number of anilines is 1. The lowest BCUT2D eigenvalue weighted by molar-refractivity contribution is 0.0860. The molecule has 143 valence electrons. The summed E-state index contributed by atoms with van der Waals surface area (Å²) in [5.41, 5.74) is 1.92. The van der Waals surface area contributed by atoms with E-state index >= 15 is 0 Å². The van der Waals surface area contributed by atoms with Gasteiger partial charge in [0, 0.05) is 12.2 Å². The molecule has 1 heterocycles. The number of likely N-dealkylation sites (tertiary alicyclic amines) is 1. The number of hydrogen-bond donors (Lipinski definition) is 2. The third-order valence-corrected chi connectivity index (χ3v) is 4.57. The van der Waals surface area contributed by atoms with Crippen molar-refractivity contribution < 1.29 is 9.53 Å². The minimum Gasteiger partial charge on any atom is -0.375 e. The molecule has 0 bridgehead atoms. The Hall–Kier alpha value is -2.37. The number of nitrogens with zero attached hydrogens (tertiary/aromatic N) is 1. The van der Waals surface area contributed by atoms with Gasteiger partial charge in [-0.1, -0.05) is 48.5 Å². The van der Waals surface area contributed by atoms with E-state index in [0.717, 1.165) is 43.7 Å². The lowest BCUT2D eigenvalue weighted by Crippen LogP contribution is -2.48. The molecule has 5 nitrogen and oxygen atoms in total. The fourth-order valence-electron chi connectivity index (χ4n) is 3.21. The molecule has 1 unspecified atom stereocenters. The number of hydrogen-bond acceptors (Lipinski definition) is 3. The number of carbonyl (C=O) groups excluding carboxylic acids is 1. The first-order valence-electron chi connectivity index (χ1n) is 9.58. The summed E-state index contributed by atoms with van der Waals surface area (Å²) >= 11 is 0. The smallest absolute Gasteiger partial charge is 0.319 e. The summed E-state index contributed by atoms with van der Waals surface area (Å²) in [7, 11) is 0. The Kier molecular flexibility index (Phi) is 7.69. The van der Waals surface area contributed by atoms with Gasteiger partial charge in [0.1, 0.15) is 0 Å². The molecule has 3 rings (SSSR count). The molecule has 27 heavy (non-hydrogen) atoms. The second-order valence-corrected chi connectivity index (χ2v) is 6.83. The maximum absolute atomic E-state index is 12.4. The van der Waals surface area contributed by atoms with Gasteiger partial charge in [0.15, 0.2) is 0 Å². The van der Waals surface area contributed by atoms with Crippen molar-refractivity contribution in [3.8, 4) is 0 Å². The van der Waals surface area contributed by atoms with Gasteiger partial charge in [0.25, 0.3) is 0 Å². The van der Waals surface area contributed by atoms with Crippen LogP contribution in [0.3, 0.4) is 0 Å². The minimum atomic E-state index is -0.196. The first kappa shape index (κ1) is 19.4. The van der Waals surface area contributed by atoms with E-state index in [1.54, 1.807) is 0 Å². The third-order valence-electron chi connectivity index (χ3n) is 4.57. The summed E-state index contributed by atoms with van der Waals surface area (Å²) in [6.45, 7) is 3.91. The Labute approximate surface area is 161 Å². The lowest BCUT2D eigenvalue weighted by atomic mass is 10.1. The summed E-state index contributed by atoms with van der Waals surface area (Å²) in [5, 5.41) is 5.96. The van der Waals surface area contributed by atoms with Gasteiger partial charge in [-0.05, 0) is 50.0 Å². The fourth-order valence-corrected chi connectivity index (χ4v) is 3.21. The van der Waals surface area contributed by atoms with Gasteiger partial charge in [-0.3, -0.25) is 0 Å². The van der Waals surface area contributed by atoms with Crippen molar-refractivity contribution in [3.63, 3.8) is 0 Å². The van der Waals surface area contributed by atoms with Crippen LogP contribution < -0.4 is 10.6 Å². The number of carbonyl (C=O) groups is 1. The standard InChI is InChI=1S/C22H28N3O2/c26-22(23-20-12-6-2-7-13-20)24-21(16-25-14-8-3-9-15-25)18-27-17-19-10-4-1-5-11-19/h1-7,10-13,21H,8-9,14-18H2,(H2,23,24,26). The maximum Gasteiger partial charge on any atom is 0.319 e. The van der Waals surface area contributed by atoms with E-state index in [1.807, 2.05) is 60.7 Å². The van der Waals surface area contributed by atoms with Crippen LogP contribution in [0.1, 0.15) is 18.4 Å². The number of nitrogens with one attached hydrogen (secondary N) is 2. The highest BCUT2D eigenvalue weighted by Gasteiger charge is 2.19. The second kappa shape index (κ2) is 10.7. The van der Waals surface area contributed by atoms with Crippen LogP contribution in [-0.4, -0.2) is 43.2 Å². The topological polar surface area (TPSA) is 53.6 Å². The van der Waals surface area contributed by atoms with Gasteiger partial charge in [-0.25, -0.2) is 4.79 Å². The molecule has 2 aromatic carbocycles. The van der Waals surface area contributed by atoms with Crippen molar-refractivity contribution in [1.82, 2.24) is 10.2 Å². The van der Waals surface area contributed by atoms with Crippen molar-refractivity contribution in [3.05, 3.63) is 72.6 Å². The average molecular weight is 366 g/mol. The van der Waals surface area contributed by atoms with E-state index in [2.05, 4.69) is 22.0 Å². The Morgan fingerprint density at radius 3 is 2.37 bits per heavy atom. The maximum atomic E-state index is 12.4. The van der Waals surface area contributed by atoms with E-state index in [0.29, 0.717) is 13.2 Å². The first-order chi connectivity index (χ1) is 13.3.